The van der Waals surface area contributed by atoms with E-state index >= 15 is 0 Å². The van der Waals surface area contributed by atoms with E-state index in [4.69, 9.17) is 9.47 Å². The molecule has 4 nitrogen and oxygen atoms in total. The Balaban J connectivity index is 2.34. The highest BCUT2D eigenvalue weighted by Gasteiger charge is 2.14. The maximum atomic E-state index is 14.2. The lowest BCUT2D eigenvalue weighted by Gasteiger charge is -2.15. The fourth-order valence-corrected chi connectivity index (χ4v) is 1.97. The Kier molecular flexibility index (Phi) is 4.76. The van der Waals surface area contributed by atoms with Gasteiger partial charge >= 0.3 is 0 Å². The molecule has 0 atom stereocenters. The highest BCUT2D eigenvalue weighted by molar-refractivity contribution is 5.59. The Morgan fingerprint density at radius 2 is 2.05 bits per heavy atom. The third kappa shape index (κ3) is 3.18. The summed E-state index contributed by atoms with van der Waals surface area (Å²) in [5, 5.41) is 0. The summed E-state index contributed by atoms with van der Waals surface area (Å²) in [5.41, 5.74) is 2.49. The number of aryl methyl sites for hydroxylation is 1. The number of hydrogen-bond acceptors (Lipinski definition) is 4. The molecule has 0 radical (unpaired) electrons. The van der Waals surface area contributed by atoms with Gasteiger partial charge in [0.15, 0.2) is 6.29 Å². The van der Waals surface area contributed by atoms with Crippen LogP contribution >= 0.6 is 0 Å². The van der Waals surface area contributed by atoms with Crippen LogP contribution in [-0.4, -0.2) is 30.5 Å². The molecule has 0 spiro atoms. The first-order valence-corrected chi connectivity index (χ1v) is 6.27. The summed E-state index contributed by atoms with van der Waals surface area (Å²) in [7, 11) is 3.11. The van der Waals surface area contributed by atoms with E-state index in [0.29, 0.717) is 17.7 Å². The number of nitrogens with zero attached hydrogens (tertiary/aromatic N) is 2. The van der Waals surface area contributed by atoms with Gasteiger partial charge in [-0.15, -0.1) is 0 Å². The lowest BCUT2D eigenvalue weighted by Crippen LogP contribution is -2.17. The first-order valence-electron chi connectivity index (χ1n) is 6.27. The van der Waals surface area contributed by atoms with Crippen molar-refractivity contribution in [1.82, 2.24) is 9.97 Å². The second-order valence-corrected chi connectivity index (χ2v) is 4.41. The highest BCUT2D eigenvalue weighted by atomic mass is 19.1. The number of methoxy groups -OCH3 is 2. The molecule has 0 amide bonds. The van der Waals surface area contributed by atoms with Gasteiger partial charge in [0.2, 0.25) is 0 Å². The van der Waals surface area contributed by atoms with Crippen LogP contribution in [0.1, 0.15) is 11.3 Å². The molecule has 0 aliphatic rings. The van der Waals surface area contributed by atoms with Gasteiger partial charge in [-0.05, 0) is 30.7 Å². The van der Waals surface area contributed by atoms with Crippen LogP contribution in [0.25, 0.3) is 11.3 Å². The SMILES string of the molecule is COC(Cc1cc(F)c(-c2cccnc2)nc1C)OC. The monoisotopic (exact) mass is 276 g/mol. The number of ether oxygens (including phenoxy) is 2. The molecule has 5 heteroatoms. The second kappa shape index (κ2) is 6.54. The molecular formula is C15H17FN2O2. The average Bonchev–Trinajstić information content (AvgIpc) is 2.48. The summed E-state index contributed by atoms with van der Waals surface area (Å²) >= 11 is 0. The number of rotatable bonds is 5. The van der Waals surface area contributed by atoms with Crippen LogP contribution in [-0.2, 0) is 15.9 Å². The zero-order chi connectivity index (χ0) is 14.5. The Morgan fingerprint density at radius 1 is 1.30 bits per heavy atom. The van der Waals surface area contributed by atoms with Gasteiger partial charge in [-0.1, -0.05) is 0 Å². The van der Waals surface area contributed by atoms with Gasteiger partial charge in [0.25, 0.3) is 0 Å². The van der Waals surface area contributed by atoms with Gasteiger partial charge in [0.1, 0.15) is 11.5 Å². The van der Waals surface area contributed by atoms with E-state index in [1.807, 2.05) is 6.92 Å². The van der Waals surface area contributed by atoms with Crippen LogP contribution in [0.15, 0.2) is 30.6 Å². The van der Waals surface area contributed by atoms with Crippen LogP contribution < -0.4 is 0 Å². The molecule has 0 aromatic carbocycles. The van der Waals surface area contributed by atoms with E-state index < -0.39 is 6.29 Å². The molecule has 2 rings (SSSR count). The molecule has 2 heterocycles. The van der Waals surface area contributed by atoms with Crippen molar-refractivity contribution in [2.45, 2.75) is 19.6 Å². The van der Waals surface area contributed by atoms with Crippen molar-refractivity contribution in [2.75, 3.05) is 14.2 Å². The lowest BCUT2D eigenvalue weighted by molar-refractivity contribution is -0.100. The minimum absolute atomic E-state index is 0.311. The van der Waals surface area contributed by atoms with Crippen LogP contribution in [0.5, 0.6) is 0 Å². The molecule has 0 saturated heterocycles. The van der Waals surface area contributed by atoms with Crippen molar-refractivity contribution in [1.29, 1.82) is 0 Å². The van der Waals surface area contributed by atoms with Crippen LogP contribution in [0.4, 0.5) is 4.39 Å². The molecule has 0 saturated carbocycles. The molecule has 0 N–H and O–H groups in total. The fraction of sp³-hybridized carbons (Fsp3) is 0.333. The summed E-state index contributed by atoms with van der Waals surface area (Å²) in [5.74, 6) is -0.371. The first-order chi connectivity index (χ1) is 9.65. The lowest BCUT2D eigenvalue weighted by atomic mass is 10.1. The largest absolute Gasteiger partial charge is 0.356 e. The quantitative estimate of drug-likeness (QED) is 0.788. The molecular weight excluding hydrogens is 259 g/mol. The predicted octanol–water partition coefficient (Wildman–Crippen LogP) is 2.75. The van der Waals surface area contributed by atoms with Crippen molar-refractivity contribution in [3.63, 3.8) is 0 Å². The number of aromatic nitrogens is 2. The molecule has 0 aliphatic heterocycles. The maximum absolute atomic E-state index is 14.2. The number of hydrogen-bond donors (Lipinski definition) is 0. The standard InChI is InChI=1S/C15H17FN2O2/c1-10-12(8-14(19-2)20-3)7-13(16)15(18-10)11-5-4-6-17-9-11/h4-7,9,14H,8H2,1-3H3. The van der Waals surface area contributed by atoms with Gasteiger partial charge < -0.3 is 9.47 Å². The summed E-state index contributed by atoms with van der Waals surface area (Å²) in [4.78, 5) is 8.32. The molecule has 0 aliphatic carbocycles. The van der Waals surface area contributed by atoms with E-state index in [0.717, 1.165) is 11.3 Å². The molecule has 2 aromatic heterocycles. The normalized spacial score (nSPS) is 11.1. The third-order valence-corrected chi connectivity index (χ3v) is 3.12. The van der Waals surface area contributed by atoms with Crippen LogP contribution in [0, 0.1) is 12.7 Å². The highest BCUT2D eigenvalue weighted by Crippen LogP contribution is 2.23. The second-order valence-electron chi connectivity index (χ2n) is 4.41. The molecule has 0 unspecified atom stereocenters. The predicted molar refractivity (Wildman–Crippen MR) is 73.7 cm³/mol. The summed E-state index contributed by atoms with van der Waals surface area (Å²) in [6.45, 7) is 1.84. The Bertz CT molecular complexity index is 572. The van der Waals surface area contributed by atoms with Gasteiger partial charge in [0.05, 0.1) is 0 Å². The van der Waals surface area contributed by atoms with Gasteiger partial charge in [-0.3, -0.25) is 4.98 Å². The molecule has 20 heavy (non-hydrogen) atoms. The average molecular weight is 276 g/mol. The number of pyridine rings is 2. The Morgan fingerprint density at radius 3 is 2.65 bits per heavy atom. The summed E-state index contributed by atoms with van der Waals surface area (Å²) < 4.78 is 24.5. The minimum atomic E-state index is -0.404. The van der Waals surface area contributed by atoms with Crippen molar-refractivity contribution in [3.05, 3.63) is 47.7 Å². The number of halogens is 1. The van der Waals surface area contributed by atoms with E-state index in [1.165, 1.54) is 6.07 Å². The van der Waals surface area contributed by atoms with E-state index in [2.05, 4.69) is 9.97 Å². The molecule has 106 valence electrons. The van der Waals surface area contributed by atoms with Crippen LogP contribution in [0.3, 0.4) is 0 Å². The van der Waals surface area contributed by atoms with Gasteiger partial charge in [-0.25, -0.2) is 9.37 Å². The van der Waals surface area contributed by atoms with Crippen LogP contribution in [0.2, 0.25) is 0 Å². The van der Waals surface area contributed by atoms with E-state index in [-0.39, 0.29) is 5.82 Å². The minimum Gasteiger partial charge on any atom is -0.356 e. The third-order valence-electron chi connectivity index (χ3n) is 3.12. The Hall–Kier alpha value is -1.85. The van der Waals surface area contributed by atoms with E-state index in [9.17, 15) is 4.39 Å². The molecule has 2 aromatic rings. The van der Waals surface area contributed by atoms with Crippen molar-refractivity contribution in [2.24, 2.45) is 0 Å². The summed E-state index contributed by atoms with van der Waals surface area (Å²) in [6.07, 6.45) is 3.29. The summed E-state index contributed by atoms with van der Waals surface area (Å²) in [6, 6.07) is 5.02. The zero-order valence-electron chi connectivity index (χ0n) is 11.8. The molecule has 0 bridgehead atoms. The van der Waals surface area contributed by atoms with E-state index in [1.54, 1.807) is 38.7 Å². The van der Waals surface area contributed by atoms with Gasteiger partial charge in [-0.2, -0.15) is 0 Å². The first kappa shape index (κ1) is 14.6. The van der Waals surface area contributed by atoms with Crippen molar-refractivity contribution < 1.29 is 13.9 Å². The zero-order valence-corrected chi connectivity index (χ0v) is 11.8. The maximum Gasteiger partial charge on any atom is 0.160 e. The molecule has 0 fully saturated rings. The van der Waals surface area contributed by atoms with Crippen molar-refractivity contribution in [3.8, 4) is 11.3 Å². The Labute approximate surface area is 117 Å². The van der Waals surface area contributed by atoms with Crippen molar-refractivity contribution >= 4 is 0 Å². The van der Waals surface area contributed by atoms with Gasteiger partial charge in [0, 0.05) is 44.3 Å². The topological polar surface area (TPSA) is 44.2 Å². The smallest absolute Gasteiger partial charge is 0.160 e. The fourth-order valence-electron chi connectivity index (χ4n) is 1.97.